The van der Waals surface area contributed by atoms with Crippen molar-refractivity contribution >= 4 is 10.2 Å². The van der Waals surface area contributed by atoms with Gasteiger partial charge in [0.1, 0.15) is 0 Å². The summed E-state index contributed by atoms with van der Waals surface area (Å²) in [5, 5.41) is 0. The minimum atomic E-state index is -3.23. The molecule has 80 valence electrons. The van der Waals surface area contributed by atoms with Crippen molar-refractivity contribution in [2.45, 2.75) is 19.3 Å². The van der Waals surface area contributed by atoms with Crippen LogP contribution in [-0.4, -0.2) is 39.9 Å². The molecule has 0 aromatic carbocycles. The van der Waals surface area contributed by atoms with Crippen molar-refractivity contribution in [3.05, 3.63) is 0 Å². The molecule has 0 rings (SSSR count). The molecule has 13 heavy (non-hydrogen) atoms. The topological polar surface area (TPSA) is 75.4 Å². The predicted octanol–water partition coefficient (Wildman–Crippen LogP) is -0.489. The maximum absolute atomic E-state index is 11.2. The van der Waals surface area contributed by atoms with Crippen LogP contribution >= 0.6 is 0 Å². The first-order valence-corrected chi connectivity index (χ1v) is 5.82. The highest BCUT2D eigenvalue weighted by molar-refractivity contribution is 7.87. The fraction of sp³-hybridized carbons (Fsp3) is 1.00. The second-order valence-corrected chi connectivity index (χ2v) is 5.00. The van der Waals surface area contributed by atoms with Gasteiger partial charge in [-0.15, -0.1) is 0 Å². The normalized spacial score (nSPS) is 12.3. The number of hydrogen-bond donors (Lipinski definition) is 2. The molecule has 0 aliphatic rings. The highest BCUT2D eigenvalue weighted by atomic mass is 32.2. The molecule has 0 saturated carbocycles. The SMILES string of the molecule is CN(C)S(=O)(=O)NCCCCCN. The van der Waals surface area contributed by atoms with Crippen molar-refractivity contribution in [1.82, 2.24) is 9.03 Å². The van der Waals surface area contributed by atoms with Gasteiger partial charge < -0.3 is 5.73 Å². The van der Waals surface area contributed by atoms with Gasteiger partial charge in [0.15, 0.2) is 0 Å². The average molecular weight is 209 g/mol. The molecule has 3 N–H and O–H groups in total. The van der Waals surface area contributed by atoms with E-state index < -0.39 is 10.2 Å². The number of nitrogens with one attached hydrogen (secondary N) is 1. The quantitative estimate of drug-likeness (QED) is 0.556. The fourth-order valence-corrected chi connectivity index (χ4v) is 1.44. The van der Waals surface area contributed by atoms with E-state index in [0.29, 0.717) is 13.1 Å². The summed E-state index contributed by atoms with van der Waals surface area (Å²) in [5.41, 5.74) is 5.30. The third-order valence-corrected chi connectivity index (χ3v) is 3.18. The van der Waals surface area contributed by atoms with Crippen LogP contribution in [0, 0.1) is 0 Å². The first kappa shape index (κ1) is 12.8. The van der Waals surface area contributed by atoms with Crippen LogP contribution < -0.4 is 10.5 Å². The van der Waals surface area contributed by atoms with Gasteiger partial charge in [-0.1, -0.05) is 6.42 Å². The second kappa shape index (κ2) is 6.31. The van der Waals surface area contributed by atoms with E-state index in [4.69, 9.17) is 5.73 Å². The zero-order valence-electron chi connectivity index (χ0n) is 8.28. The Morgan fingerprint density at radius 2 is 1.85 bits per heavy atom. The molecular formula is C7H19N3O2S. The maximum Gasteiger partial charge on any atom is 0.278 e. The van der Waals surface area contributed by atoms with Crippen molar-refractivity contribution in [3.8, 4) is 0 Å². The Bertz CT molecular complexity index is 214. The Labute approximate surface area is 80.5 Å². The van der Waals surface area contributed by atoms with Gasteiger partial charge in [-0.2, -0.15) is 12.7 Å². The van der Waals surface area contributed by atoms with Gasteiger partial charge in [-0.05, 0) is 19.4 Å². The van der Waals surface area contributed by atoms with Crippen molar-refractivity contribution in [3.63, 3.8) is 0 Å². The fourth-order valence-electron chi connectivity index (χ4n) is 0.776. The molecular weight excluding hydrogens is 190 g/mol. The van der Waals surface area contributed by atoms with Crippen LogP contribution in [0.2, 0.25) is 0 Å². The monoisotopic (exact) mass is 209 g/mol. The molecule has 0 heterocycles. The third-order valence-electron chi connectivity index (χ3n) is 1.65. The van der Waals surface area contributed by atoms with Crippen molar-refractivity contribution in [1.29, 1.82) is 0 Å². The Morgan fingerprint density at radius 1 is 1.23 bits per heavy atom. The van der Waals surface area contributed by atoms with Crippen molar-refractivity contribution in [2.75, 3.05) is 27.2 Å². The zero-order chi connectivity index (χ0) is 10.3. The number of rotatable bonds is 7. The van der Waals surface area contributed by atoms with Crippen LogP contribution in [0.15, 0.2) is 0 Å². The first-order valence-electron chi connectivity index (χ1n) is 4.38. The van der Waals surface area contributed by atoms with E-state index in [0.717, 1.165) is 23.6 Å². The summed E-state index contributed by atoms with van der Waals surface area (Å²) in [6.07, 6.45) is 2.75. The van der Waals surface area contributed by atoms with Crippen LogP contribution in [0.3, 0.4) is 0 Å². The largest absolute Gasteiger partial charge is 0.330 e. The minimum absolute atomic E-state index is 0.487. The summed E-state index contributed by atoms with van der Waals surface area (Å²) >= 11 is 0. The lowest BCUT2D eigenvalue weighted by molar-refractivity contribution is 0.502. The summed E-state index contributed by atoms with van der Waals surface area (Å²) in [7, 11) is -0.229. The lowest BCUT2D eigenvalue weighted by atomic mass is 10.2. The van der Waals surface area contributed by atoms with E-state index >= 15 is 0 Å². The van der Waals surface area contributed by atoms with Gasteiger partial charge in [0.2, 0.25) is 0 Å². The van der Waals surface area contributed by atoms with Crippen LogP contribution in [0.4, 0.5) is 0 Å². The number of unbranched alkanes of at least 4 members (excludes halogenated alkanes) is 2. The summed E-state index contributed by atoms with van der Waals surface area (Å²) < 4.78 is 25.9. The summed E-state index contributed by atoms with van der Waals surface area (Å²) in [6.45, 7) is 1.15. The van der Waals surface area contributed by atoms with Gasteiger partial charge in [-0.3, -0.25) is 0 Å². The number of hydrogen-bond acceptors (Lipinski definition) is 3. The molecule has 0 saturated heterocycles. The smallest absolute Gasteiger partial charge is 0.278 e. The van der Waals surface area contributed by atoms with Gasteiger partial charge in [0.05, 0.1) is 0 Å². The molecule has 0 aliphatic heterocycles. The highest BCUT2D eigenvalue weighted by Crippen LogP contribution is 1.93. The summed E-state index contributed by atoms with van der Waals surface area (Å²) in [5.74, 6) is 0. The van der Waals surface area contributed by atoms with Crippen LogP contribution in [0.25, 0.3) is 0 Å². The second-order valence-electron chi connectivity index (χ2n) is 3.03. The molecule has 0 aliphatic carbocycles. The molecule has 0 aromatic heterocycles. The van der Waals surface area contributed by atoms with Gasteiger partial charge in [0, 0.05) is 20.6 Å². The van der Waals surface area contributed by atoms with Gasteiger partial charge in [-0.25, -0.2) is 4.72 Å². The van der Waals surface area contributed by atoms with E-state index in [1.165, 1.54) is 14.1 Å². The van der Waals surface area contributed by atoms with Crippen LogP contribution in [0.1, 0.15) is 19.3 Å². The summed E-state index contributed by atoms with van der Waals surface area (Å²) in [6, 6.07) is 0. The van der Waals surface area contributed by atoms with Crippen molar-refractivity contribution < 1.29 is 8.42 Å². The Kier molecular flexibility index (Phi) is 6.23. The first-order chi connectivity index (χ1) is 6.00. The van der Waals surface area contributed by atoms with Gasteiger partial charge >= 0.3 is 0 Å². The molecule has 0 radical (unpaired) electrons. The molecule has 0 spiro atoms. The van der Waals surface area contributed by atoms with E-state index in [1.807, 2.05) is 0 Å². The highest BCUT2D eigenvalue weighted by Gasteiger charge is 2.10. The Hall–Kier alpha value is -0.170. The Morgan fingerprint density at radius 3 is 2.31 bits per heavy atom. The van der Waals surface area contributed by atoms with Crippen molar-refractivity contribution in [2.24, 2.45) is 5.73 Å². The van der Waals surface area contributed by atoms with Crippen LogP contribution in [-0.2, 0) is 10.2 Å². The van der Waals surface area contributed by atoms with Gasteiger partial charge in [0.25, 0.3) is 10.2 Å². The Balaban J connectivity index is 3.53. The molecule has 6 heteroatoms. The van der Waals surface area contributed by atoms with E-state index in [-0.39, 0.29) is 0 Å². The van der Waals surface area contributed by atoms with E-state index in [1.54, 1.807) is 0 Å². The molecule has 0 fully saturated rings. The molecule has 0 unspecified atom stereocenters. The van der Waals surface area contributed by atoms with Crippen LogP contribution in [0.5, 0.6) is 0 Å². The molecule has 0 amide bonds. The molecule has 0 bridgehead atoms. The third kappa shape index (κ3) is 5.98. The number of nitrogens with zero attached hydrogens (tertiary/aromatic N) is 1. The van der Waals surface area contributed by atoms with E-state index in [9.17, 15) is 8.42 Å². The standard InChI is InChI=1S/C7H19N3O2S/c1-10(2)13(11,12)9-7-5-3-4-6-8/h9H,3-8H2,1-2H3. The zero-order valence-corrected chi connectivity index (χ0v) is 9.10. The lowest BCUT2D eigenvalue weighted by Gasteiger charge is -2.11. The molecule has 0 aromatic rings. The lowest BCUT2D eigenvalue weighted by Crippen LogP contribution is -2.36. The predicted molar refractivity (Wildman–Crippen MR) is 53.5 cm³/mol. The molecule has 5 nitrogen and oxygen atoms in total. The van der Waals surface area contributed by atoms with E-state index in [2.05, 4.69) is 4.72 Å². The maximum atomic E-state index is 11.2. The average Bonchev–Trinajstić information content (AvgIpc) is 2.03. The number of nitrogens with two attached hydrogens (primary N) is 1. The molecule has 0 atom stereocenters. The minimum Gasteiger partial charge on any atom is -0.330 e. The summed E-state index contributed by atoms with van der Waals surface area (Å²) in [4.78, 5) is 0.